The van der Waals surface area contributed by atoms with Gasteiger partial charge in [-0.2, -0.15) is 0 Å². The van der Waals surface area contributed by atoms with Gasteiger partial charge in [0.25, 0.3) is 5.69 Å². The van der Waals surface area contributed by atoms with Crippen LogP contribution in [-0.4, -0.2) is 47.3 Å². The second kappa shape index (κ2) is 5.77. The lowest BCUT2D eigenvalue weighted by Crippen LogP contribution is -2.72. The van der Waals surface area contributed by atoms with Crippen LogP contribution in [-0.2, 0) is 16.0 Å². The van der Waals surface area contributed by atoms with Gasteiger partial charge in [0.05, 0.1) is 11.0 Å². The number of nitro groups is 1. The summed E-state index contributed by atoms with van der Waals surface area (Å²) in [5.74, 6) is -0.833. The molecule has 3 heterocycles. The van der Waals surface area contributed by atoms with E-state index in [0.717, 1.165) is 17.0 Å². The fraction of sp³-hybridized carbons (Fsp3) is 0.500. The van der Waals surface area contributed by atoms with Gasteiger partial charge in [-0.3, -0.25) is 29.9 Å². The number of nitrogens with one attached hydrogen (secondary N) is 1. The maximum atomic E-state index is 13.2. The number of fused-ring (bicyclic) bond motifs is 4. The summed E-state index contributed by atoms with van der Waals surface area (Å²) in [5.41, 5.74) is -0.134. The second-order valence-corrected chi connectivity index (χ2v) is 7.68. The quantitative estimate of drug-likeness (QED) is 0.453. The molecule has 3 aliphatic heterocycles. The van der Waals surface area contributed by atoms with Crippen molar-refractivity contribution >= 4 is 29.2 Å². The van der Waals surface area contributed by atoms with E-state index in [0.29, 0.717) is 24.4 Å². The number of carbonyl (C=O) groups excluding carboxylic acids is 3. The number of nitro benzene ring substituents is 1. The smallest absolute Gasteiger partial charge is 0.330 e. The number of rotatable bonds is 1. The Labute approximate surface area is 155 Å². The van der Waals surface area contributed by atoms with Gasteiger partial charge >= 0.3 is 6.03 Å². The maximum absolute atomic E-state index is 13.2. The number of hydrogen-bond acceptors (Lipinski definition) is 6. The summed E-state index contributed by atoms with van der Waals surface area (Å²) >= 11 is 0. The van der Waals surface area contributed by atoms with Crippen molar-refractivity contribution in [2.24, 2.45) is 11.3 Å². The SMILES string of the molecule is C[C@H]1CCN2c3ccc([N+](=O)[O-])cc3C[C@]3(C(=O)NC(=O)N(C)C3=O)[C@@H]2C1. The largest absolute Gasteiger partial charge is 0.367 e. The lowest BCUT2D eigenvalue weighted by molar-refractivity contribution is -0.384. The Kier molecular flexibility index (Phi) is 3.72. The molecule has 1 spiro atoms. The van der Waals surface area contributed by atoms with E-state index in [1.165, 1.54) is 19.2 Å². The van der Waals surface area contributed by atoms with Crippen molar-refractivity contribution in [1.82, 2.24) is 10.2 Å². The second-order valence-electron chi connectivity index (χ2n) is 7.68. The van der Waals surface area contributed by atoms with Gasteiger partial charge in [0, 0.05) is 37.8 Å². The van der Waals surface area contributed by atoms with Crippen molar-refractivity contribution in [3.63, 3.8) is 0 Å². The molecule has 27 heavy (non-hydrogen) atoms. The number of nitrogens with zero attached hydrogens (tertiary/aromatic N) is 3. The van der Waals surface area contributed by atoms with Crippen molar-refractivity contribution < 1.29 is 19.3 Å². The van der Waals surface area contributed by atoms with Crippen molar-refractivity contribution in [3.8, 4) is 0 Å². The van der Waals surface area contributed by atoms with Gasteiger partial charge in [0.2, 0.25) is 11.8 Å². The summed E-state index contributed by atoms with van der Waals surface area (Å²) in [5, 5.41) is 13.5. The van der Waals surface area contributed by atoms with Crippen LogP contribution >= 0.6 is 0 Å². The molecule has 142 valence electrons. The fourth-order valence-corrected chi connectivity index (χ4v) is 4.65. The molecule has 4 rings (SSSR count). The van der Waals surface area contributed by atoms with Crippen LogP contribution in [0, 0.1) is 21.4 Å². The normalized spacial score (nSPS) is 30.1. The molecule has 3 aliphatic rings. The first-order valence-corrected chi connectivity index (χ1v) is 8.93. The summed E-state index contributed by atoms with van der Waals surface area (Å²) in [6.45, 7) is 2.73. The van der Waals surface area contributed by atoms with E-state index in [2.05, 4.69) is 12.2 Å². The zero-order chi connectivity index (χ0) is 19.5. The molecule has 2 saturated heterocycles. The number of barbiturate groups is 1. The van der Waals surface area contributed by atoms with E-state index in [9.17, 15) is 24.5 Å². The molecule has 1 aromatic carbocycles. The van der Waals surface area contributed by atoms with Crippen molar-refractivity contribution in [1.29, 1.82) is 0 Å². The lowest BCUT2D eigenvalue weighted by Gasteiger charge is -2.54. The van der Waals surface area contributed by atoms with Gasteiger partial charge in [0.1, 0.15) is 0 Å². The third-order valence-electron chi connectivity index (χ3n) is 6.10. The molecule has 9 nitrogen and oxygen atoms in total. The van der Waals surface area contributed by atoms with Crippen LogP contribution in [0.25, 0.3) is 0 Å². The van der Waals surface area contributed by atoms with Crippen molar-refractivity contribution in [2.75, 3.05) is 18.5 Å². The minimum Gasteiger partial charge on any atom is -0.367 e. The highest BCUT2D eigenvalue weighted by Gasteiger charge is 2.62. The summed E-state index contributed by atoms with van der Waals surface area (Å²) in [7, 11) is 1.35. The Hall–Kier alpha value is -2.97. The van der Waals surface area contributed by atoms with Crippen LogP contribution in [0.1, 0.15) is 25.3 Å². The lowest BCUT2D eigenvalue weighted by atomic mass is 9.65. The highest BCUT2D eigenvalue weighted by molar-refractivity contribution is 6.20. The topological polar surface area (TPSA) is 113 Å². The average Bonchev–Trinajstić information content (AvgIpc) is 2.64. The van der Waals surface area contributed by atoms with E-state index >= 15 is 0 Å². The number of hydrogen-bond donors (Lipinski definition) is 1. The number of amides is 4. The van der Waals surface area contributed by atoms with Crippen LogP contribution in [0.5, 0.6) is 0 Å². The summed E-state index contributed by atoms with van der Waals surface area (Å²) in [4.78, 5) is 51.8. The fourth-order valence-electron chi connectivity index (χ4n) is 4.65. The van der Waals surface area contributed by atoms with Gasteiger partial charge in [0.15, 0.2) is 5.41 Å². The van der Waals surface area contributed by atoms with Crippen LogP contribution in [0.2, 0.25) is 0 Å². The Morgan fingerprint density at radius 3 is 2.74 bits per heavy atom. The summed E-state index contributed by atoms with van der Waals surface area (Å²) < 4.78 is 0. The molecule has 1 N–H and O–H groups in total. The number of non-ortho nitro benzene ring substituents is 1. The monoisotopic (exact) mass is 372 g/mol. The third-order valence-corrected chi connectivity index (χ3v) is 6.10. The molecule has 9 heteroatoms. The van der Waals surface area contributed by atoms with E-state index in [4.69, 9.17) is 0 Å². The minimum absolute atomic E-state index is 0.0419. The molecule has 2 fully saturated rings. The molecule has 1 aromatic rings. The summed E-state index contributed by atoms with van der Waals surface area (Å²) in [6, 6.07) is 3.45. The molecule has 4 amide bonds. The van der Waals surface area contributed by atoms with E-state index in [1.54, 1.807) is 6.07 Å². The molecular weight excluding hydrogens is 352 g/mol. The first-order valence-electron chi connectivity index (χ1n) is 8.93. The molecule has 0 bridgehead atoms. The molecule has 0 unspecified atom stereocenters. The standard InChI is InChI=1S/C18H20N4O5/c1-10-5-6-21-13-4-3-12(22(26)27)8-11(13)9-18(14(21)7-10)15(23)19-17(25)20(2)16(18)24/h3-4,8,10,14H,5-7,9H2,1-2H3,(H,19,23,25)/t10-,14-,18+/m0/s1. The number of carbonyl (C=O) groups is 3. The van der Waals surface area contributed by atoms with Gasteiger partial charge in [-0.15, -0.1) is 0 Å². The maximum Gasteiger partial charge on any atom is 0.330 e. The number of urea groups is 1. The van der Waals surface area contributed by atoms with Crippen LogP contribution in [0.4, 0.5) is 16.2 Å². The highest BCUT2D eigenvalue weighted by Crippen LogP contribution is 2.48. The molecule has 3 atom stereocenters. The minimum atomic E-state index is -1.46. The first kappa shape index (κ1) is 17.4. The Morgan fingerprint density at radius 2 is 2.04 bits per heavy atom. The molecule has 0 aliphatic carbocycles. The average molecular weight is 372 g/mol. The zero-order valence-electron chi connectivity index (χ0n) is 15.1. The summed E-state index contributed by atoms with van der Waals surface area (Å²) in [6.07, 6.45) is 1.57. The predicted molar refractivity (Wildman–Crippen MR) is 95.1 cm³/mol. The Bertz CT molecular complexity index is 885. The van der Waals surface area contributed by atoms with E-state index in [-0.39, 0.29) is 12.1 Å². The van der Waals surface area contributed by atoms with Crippen molar-refractivity contribution in [2.45, 2.75) is 32.2 Å². The Morgan fingerprint density at radius 1 is 1.30 bits per heavy atom. The first-order chi connectivity index (χ1) is 12.8. The molecular formula is C18H20N4O5. The van der Waals surface area contributed by atoms with Crippen LogP contribution in [0.3, 0.4) is 0 Å². The van der Waals surface area contributed by atoms with Crippen LogP contribution in [0.15, 0.2) is 18.2 Å². The number of benzene rings is 1. The van der Waals surface area contributed by atoms with E-state index in [1.807, 2.05) is 4.90 Å². The molecule has 0 radical (unpaired) electrons. The third kappa shape index (κ3) is 2.34. The van der Waals surface area contributed by atoms with E-state index < -0.39 is 34.2 Å². The molecule has 0 saturated carbocycles. The number of imide groups is 2. The zero-order valence-corrected chi connectivity index (χ0v) is 15.1. The molecule has 0 aromatic heterocycles. The van der Waals surface area contributed by atoms with Gasteiger partial charge < -0.3 is 4.90 Å². The van der Waals surface area contributed by atoms with Crippen LogP contribution < -0.4 is 10.2 Å². The Balaban J connectivity index is 1.90. The van der Waals surface area contributed by atoms with Gasteiger partial charge in [-0.05, 0) is 30.4 Å². The van der Waals surface area contributed by atoms with Gasteiger partial charge in [-0.1, -0.05) is 6.92 Å². The van der Waals surface area contributed by atoms with Gasteiger partial charge in [-0.25, -0.2) is 4.79 Å². The number of piperidine rings is 1. The highest BCUT2D eigenvalue weighted by atomic mass is 16.6. The predicted octanol–water partition coefficient (Wildman–Crippen LogP) is 1.45. The van der Waals surface area contributed by atoms with Crippen molar-refractivity contribution in [3.05, 3.63) is 33.9 Å². The number of anilines is 1.